The Labute approximate surface area is 136 Å². The molecule has 0 bridgehead atoms. The van der Waals surface area contributed by atoms with Gasteiger partial charge in [-0.2, -0.15) is 0 Å². The minimum Gasteiger partial charge on any atom is -0.494 e. The molecule has 2 aromatic rings. The Kier molecular flexibility index (Phi) is 6.09. The van der Waals surface area contributed by atoms with Gasteiger partial charge in [-0.1, -0.05) is 36.2 Å². The molecule has 0 amide bonds. The van der Waals surface area contributed by atoms with Crippen molar-refractivity contribution in [1.29, 1.82) is 0 Å². The number of ether oxygens (including phenoxy) is 1. The molecule has 0 saturated heterocycles. The third kappa shape index (κ3) is 4.00. The van der Waals surface area contributed by atoms with Gasteiger partial charge >= 0.3 is 0 Å². The highest BCUT2D eigenvalue weighted by Gasteiger charge is 2.21. The van der Waals surface area contributed by atoms with E-state index in [0.29, 0.717) is 6.61 Å². The molecule has 114 valence electrons. The van der Waals surface area contributed by atoms with Gasteiger partial charge in [0.1, 0.15) is 5.75 Å². The van der Waals surface area contributed by atoms with Crippen molar-refractivity contribution < 1.29 is 4.74 Å². The minimum atomic E-state index is 0.0823. The zero-order valence-corrected chi connectivity index (χ0v) is 14.4. The molecule has 1 atom stereocenters. The summed E-state index contributed by atoms with van der Waals surface area (Å²) in [6.07, 6.45) is 1.08. The Morgan fingerprint density at radius 2 is 2.10 bits per heavy atom. The second-order valence-electron chi connectivity index (χ2n) is 4.99. The first-order valence-electron chi connectivity index (χ1n) is 7.37. The molecule has 2 nitrogen and oxygen atoms in total. The van der Waals surface area contributed by atoms with Crippen LogP contribution in [0.3, 0.4) is 0 Å². The van der Waals surface area contributed by atoms with Crippen LogP contribution in [0, 0.1) is 6.92 Å². The Hall–Kier alpha value is -1.03. The zero-order chi connectivity index (χ0) is 15.2. The standard InChI is InChI=1S/C17H22ClNOS/c1-4-9-19-16(17-14(18)8-10-21-17)13-11-12(3)6-7-15(13)20-5-2/h6-8,10-11,16,19H,4-5,9H2,1-3H3. The molecular weight excluding hydrogens is 302 g/mol. The van der Waals surface area contributed by atoms with E-state index in [2.05, 4.69) is 37.4 Å². The number of aryl methyl sites for hydroxylation is 1. The fraction of sp³-hybridized carbons (Fsp3) is 0.412. The number of thiophene rings is 1. The topological polar surface area (TPSA) is 21.3 Å². The lowest BCUT2D eigenvalue weighted by Gasteiger charge is -2.22. The van der Waals surface area contributed by atoms with Crippen molar-refractivity contribution in [3.8, 4) is 5.75 Å². The van der Waals surface area contributed by atoms with Gasteiger partial charge in [0.15, 0.2) is 0 Å². The first kappa shape index (κ1) is 16.3. The summed E-state index contributed by atoms with van der Waals surface area (Å²) in [5, 5.41) is 6.45. The number of benzene rings is 1. The zero-order valence-electron chi connectivity index (χ0n) is 12.8. The van der Waals surface area contributed by atoms with Gasteiger partial charge in [0, 0.05) is 10.4 Å². The maximum Gasteiger partial charge on any atom is 0.124 e. The summed E-state index contributed by atoms with van der Waals surface area (Å²) in [5.74, 6) is 0.932. The second kappa shape index (κ2) is 7.83. The van der Waals surface area contributed by atoms with Gasteiger partial charge in [-0.15, -0.1) is 11.3 Å². The van der Waals surface area contributed by atoms with Gasteiger partial charge in [-0.3, -0.25) is 0 Å². The van der Waals surface area contributed by atoms with Crippen molar-refractivity contribution in [2.45, 2.75) is 33.2 Å². The van der Waals surface area contributed by atoms with Gasteiger partial charge in [-0.25, -0.2) is 0 Å². The number of nitrogens with one attached hydrogen (secondary N) is 1. The van der Waals surface area contributed by atoms with Crippen molar-refractivity contribution in [1.82, 2.24) is 5.32 Å². The van der Waals surface area contributed by atoms with E-state index in [9.17, 15) is 0 Å². The predicted molar refractivity (Wildman–Crippen MR) is 91.8 cm³/mol. The van der Waals surface area contributed by atoms with Crippen LogP contribution in [0.4, 0.5) is 0 Å². The highest BCUT2D eigenvalue weighted by atomic mass is 35.5. The SMILES string of the molecule is CCCNC(c1cc(C)ccc1OCC)c1sccc1Cl. The summed E-state index contributed by atoms with van der Waals surface area (Å²) in [7, 11) is 0. The van der Waals surface area contributed by atoms with E-state index in [1.165, 1.54) is 5.56 Å². The molecule has 0 aliphatic rings. The maximum atomic E-state index is 6.36. The van der Waals surface area contributed by atoms with Crippen LogP contribution in [-0.4, -0.2) is 13.2 Å². The van der Waals surface area contributed by atoms with Gasteiger partial charge in [-0.05, 0) is 44.3 Å². The monoisotopic (exact) mass is 323 g/mol. The van der Waals surface area contributed by atoms with Crippen LogP contribution in [0.2, 0.25) is 5.02 Å². The van der Waals surface area contributed by atoms with E-state index in [1.54, 1.807) is 11.3 Å². The van der Waals surface area contributed by atoms with Crippen LogP contribution in [0.1, 0.15) is 42.3 Å². The molecule has 1 aromatic heterocycles. The molecule has 4 heteroatoms. The van der Waals surface area contributed by atoms with Crippen LogP contribution >= 0.6 is 22.9 Å². The Morgan fingerprint density at radius 3 is 2.71 bits per heavy atom. The summed E-state index contributed by atoms with van der Waals surface area (Å²) < 4.78 is 5.81. The molecule has 0 aliphatic heterocycles. The average molecular weight is 324 g/mol. The molecule has 1 unspecified atom stereocenters. The van der Waals surface area contributed by atoms with Crippen LogP contribution < -0.4 is 10.1 Å². The fourth-order valence-electron chi connectivity index (χ4n) is 2.32. The Bertz CT molecular complexity index is 582. The molecule has 21 heavy (non-hydrogen) atoms. The molecule has 0 aliphatic carbocycles. The lowest BCUT2D eigenvalue weighted by molar-refractivity contribution is 0.333. The van der Waals surface area contributed by atoms with E-state index in [1.807, 2.05) is 18.4 Å². The molecule has 0 fully saturated rings. The highest BCUT2D eigenvalue weighted by Crippen LogP contribution is 2.37. The predicted octanol–water partition coefficient (Wildman–Crippen LogP) is 5.20. The third-order valence-electron chi connectivity index (χ3n) is 3.28. The van der Waals surface area contributed by atoms with Crippen molar-refractivity contribution in [2.75, 3.05) is 13.2 Å². The van der Waals surface area contributed by atoms with E-state index in [-0.39, 0.29) is 6.04 Å². The van der Waals surface area contributed by atoms with E-state index in [4.69, 9.17) is 16.3 Å². The average Bonchev–Trinajstić information content (AvgIpc) is 2.88. The fourth-order valence-corrected chi connectivity index (χ4v) is 3.58. The number of halogens is 1. The highest BCUT2D eigenvalue weighted by molar-refractivity contribution is 7.10. The minimum absolute atomic E-state index is 0.0823. The van der Waals surface area contributed by atoms with Gasteiger partial charge in [0.05, 0.1) is 17.7 Å². The molecule has 2 rings (SSSR count). The van der Waals surface area contributed by atoms with Gasteiger partial charge < -0.3 is 10.1 Å². The Morgan fingerprint density at radius 1 is 1.29 bits per heavy atom. The summed E-state index contributed by atoms with van der Waals surface area (Å²) in [4.78, 5) is 1.15. The van der Waals surface area contributed by atoms with E-state index >= 15 is 0 Å². The second-order valence-corrected chi connectivity index (χ2v) is 6.35. The smallest absolute Gasteiger partial charge is 0.124 e. The van der Waals surface area contributed by atoms with Gasteiger partial charge in [0.25, 0.3) is 0 Å². The quantitative estimate of drug-likeness (QED) is 0.756. The molecule has 0 spiro atoms. The van der Waals surface area contributed by atoms with Crippen LogP contribution in [0.25, 0.3) is 0 Å². The van der Waals surface area contributed by atoms with E-state index in [0.717, 1.165) is 34.2 Å². The third-order valence-corrected chi connectivity index (χ3v) is 4.70. The molecule has 1 N–H and O–H groups in total. The van der Waals surface area contributed by atoms with Crippen molar-refractivity contribution in [3.63, 3.8) is 0 Å². The van der Waals surface area contributed by atoms with Crippen molar-refractivity contribution in [3.05, 3.63) is 50.7 Å². The van der Waals surface area contributed by atoms with E-state index < -0.39 is 0 Å². The van der Waals surface area contributed by atoms with Crippen LogP contribution in [-0.2, 0) is 0 Å². The maximum absolute atomic E-state index is 6.36. The first-order valence-corrected chi connectivity index (χ1v) is 8.62. The van der Waals surface area contributed by atoms with Crippen molar-refractivity contribution in [2.24, 2.45) is 0 Å². The molecule has 0 saturated carbocycles. The Balaban J connectivity index is 2.45. The number of hydrogen-bond donors (Lipinski definition) is 1. The van der Waals surface area contributed by atoms with Crippen molar-refractivity contribution >= 4 is 22.9 Å². The summed E-state index contributed by atoms with van der Waals surface area (Å²) in [5.41, 5.74) is 2.39. The molecule has 1 heterocycles. The lowest BCUT2D eigenvalue weighted by atomic mass is 10.0. The van der Waals surface area contributed by atoms with Crippen LogP contribution in [0.5, 0.6) is 5.75 Å². The van der Waals surface area contributed by atoms with Crippen LogP contribution in [0.15, 0.2) is 29.6 Å². The molecular formula is C17H22ClNOS. The summed E-state index contributed by atoms with van der Waals surface area (Å²) in [6.45, 7) is 7.88. The molecule has 1 aromatic carbocycles. The normalized spacial score (nSPS) is 12.4. The largest absolute Gasteiger partial charge is 0.494 e. The number of rotatable bonds is 7. The summed E-state index contributed by atoms with van der Waals surface area (Å²) in [6, 6.07) is 8.36. The number of hydrogen-bond acceptors (Lipinski definition) is 3. The lowest BCUT2D eigenvalue weighted by Crippen LogP contribution is -2.23. The van der Waals surface area contributed by atoms with Gasteiger partial charge in [0.2, 0.25) is 0 Å². The summed E-state index contributed by atoms with van der Waals surface area (Å²) >= 11 is 8.05. The first-order chi connectivity index (χ1) is 10.2. The molecule has 0 radical (unpaired) electrons.